The fourth-order valence-electron chi connectivity index (χ4n) is 2.45. The molecule has 1 aliphatic heterocycles. The van der Waals surface area contributed by atoms with Gasteiger partial charge in [-0.1, -0.05) is 34.1 Å². The zero-order valence-electron chi connectivity index (χ0n) is 12.8. The van der Waals surface area contributed by atoms with Crippen molar-refractivity contribution in [1.82, 2.24) is 9.80 Å². The van der Waals surface area contributed by atoms with Gasteiger partial charge in [-0.3, -0.25) is 9.69 Å². The van der Waals surface area contributed by atoms with Gasteiger partial charge in [0.15, 0.2) is 0 Å². The third kappa shape index (κ3) is 5.20. The molecular weight excluding hydrogens is 238 g/mol. The van der Waals surface area contributed by atoms with E-state index in [-0.39, 0.29) is 17.4 Å². The largest absolute Gasteiger partial charge is 0.340 e. The molecule has 1 heterocycles. The molecule has 108 valence electrons. The molecule has 1 saturated heterocycles. The Balaban J connectivity index is 2.44. The molecule has 0 aromatic carbocycles. The molecule has 0 aromatic rings. The number of piperazine rings is 1. The van der Waals surface area contributed by atoms with Gasteiger partial charge in [0, 0.05) is 32.6 Å². The van der Waals surface area contributed by atoms with Crippen LogP contribution in [0.4, 0.5) is 0 Å². The average Bonchev–Trinajstić information content (AvgIpc) is 2.34. The molecule has 0 N–H and O–H groups in total. The lowest BCUT2D eigenvalue weighted by atomic mass is 9.91. The van der Waals surface area contributed by atoms with Gasteiger partial charge in [-0.05, 0) is 11.8 Å². The van der Waals surface area contributed by atoms with Crippen LogP contribution in [0.15, 0.2) is 0 Å². The van der Waals surface area contributed by atoms with Gasteiger partial charge in [0.2, 0.25) is 5.91 Å². The molecule has 1 unspecified atom stereocenters. The van der Waals surface area contributed by atoms with Crippen LogP contribution >= 0.6 is 0 Å². The van der Waals surface area contributed by atoms with Gasteiger partial charge in [0.05, 0.1) is 12.1 Å². The molecule has 1 rings (SSSR count). The first-order valence-electron chi connectivity index (χ1n) is 7.29. The van der Waals surface area contributed by atoms with Crippen LogP contribution in [0.1, 0.15) is 47.0 Å². The second kappa shape index (κ2) is 6.91. The van der Waals surface area contributed by atoms with Crippen LogP contribution in [0.25, 0.3) is 0 Å². The smallest absolute Gasteiger partial charge is 0.223 e. The lowest BCUT2D eigenvalue weighted by Gasteiger charge is -2.37. The fraction of sp³-hybridized carbons (Fsp3) is 0.867. The highest BCUT2D eigenvalue weighted by Crippen LogP contribution is 2.20. The number of carbonyl (C=O) groups excluding carboxylic acids is 1. The Morgan fingerprint density at radius 1 is 1.26 bits per heavy atom. The fourth-order valence-corrected chi connectivity index (χ4v) is 2.45. The average molecular weight is 265 g/mol. The number of nitriles is 1. The molecule has 0 bridgehead atoms. The summed E-state index contributed by atoms with van der Waals surface area (Å²) in [5, 5.41) is 9.17. The zero-order chi connectivity index (χ0) is 14.5. The number of nitrogens with zero attached hydrogens (tertiary/aromatic N) is 3. The van der Waals surface area contributed by atoms with Crippen LogP contribution in [-0.2, 0) is 4.79 Å². The second-order valence-corrected chi connectivity index (χ2v) is 6.59. The Morgan fingerprint density at radius 2 is 1.84 bits per heavy atom. The summed E-state index contributed by atoms with van der Waals surface area (Å²) >= 11 is 0. The highest BCUT2D eigenvalue weighted by atomic mass is 16.2. The molecule has 4 heteroatoms. The molecule has 0 spiro atoms. The minimum absolute atomic E-state index is 0.0184. The predicted octanol–water partition coefficient (Wildman–Crippen LogP) is 2.26. The molecule has 1 atom stereocenters. The van der Waals surface area contributed by atoms with Gasteiger partial charge in [0.1, 0.15) is 0 Å². The minimum Gasteiger partial charge on any atom is -0.340 e. The highest BCUT2D eigenvalue weighted by Gasteiger charge is 2.27. The third-order valence-corrected chi connectivity index (χ3v) is 3.50. The number of hydrogen-bond acceptors (Lipinski definition) is 3. The monoisotopic (exact) mass is 265 g/mol. The molecular formula is C15H27N3O. The Hall–Kier alpha value is -1.08. The van der Waals surface area contributed by atoms with E-state index < -0.39 is 0 Å². The lowest BCUT2D eigenvalue weighted by molar-refractivity contribution is -0.135. The van der Waals surface area contributed by atoms with Crippen molar-refractivity contribution in [2.75, 3.05) is 26.2 Å². The van der Waals surface area contributed by atoms with E-state index in [2.05, 4.69) is 38.7 Å². The summed E-state index contributed by atoms with van der Waals surface area (Å²) in [4.78, 5) is 16.3. The van der Waals surface area contributed by atoms with E-state index in [1.807, 2.05) is 4.90 Å². The van der Waals surface area contributed by atoms with Crippen molar-refractivity contribution < 1.29 is 4.79 Å². The molecule has 19 heavy (non-hydrogen) atoms. The standard InChI is InChI=1S/C15H27N3O/c1-5-6-13(12-16)17-7-9-18(10-8-17)14(19)11-15(2,3)4/h13H,5-11H2,1-4H3. The van der Waals surface area contributed by atoms with Crippen molar-refractivity contribution in [3.8, 4) is 6.07 Å². The maximum absolute atomic E-state index is 12.1. The van der Waals surface area contributed by atoms with Crippen LogP contribution in [-0.4, -0.2) is 47.9 Å². The minimum atomic E-state index is 0.0184. The Morgan fingerprint density at radius 3 is 2.26 bits per heavy atom. The SMILES string of the molecule is CCCC(C#N)N1CCN(C(=O)CC(C)(C)C)CC1. The highest BCUT2D eigenvalue weighted by molar-refractivity contribution is 5.76. The van der Waals surface area contributed by atoms with Gasteiger partial charge in [-0.15, -0.1) is 0 Å². The quantitative estimate of drug-likeness (QED) is 0.783. The Bertz CT molecular complexity index is 332. The van der Waals surface area contributed by atoms with Crippen molar-refractivity contribution in [3.05, 3.63) is 0 Å². The van der Waals surface area contributed by atoms with Crippen molar-refractivity contribution in [3.63, 3.8) is 0 Å². The molecule has 0 radical (unpaired) electrons. The van der Waals surface area contributed by atoms with E-state index in [1.54, 1.807) is 0 Å². The maximum Gasteiger partial charge on any atom is 0.223 e. The summed E-state index contributed by atoms with van der Waals surface area (Å²) in [6.07, 6.45) is 2.55. The van der Waals surface area contributed by atoms with Crippen molar-refractivity contribution in [1.29, 1.82) is 5.26 Å². The molecule has 0 aromatic heterocycles. The first-order valence-corrected chi connectivity index (χ1v) is 7.29. The van der Waals surface area contributed by atoms with Crippen LogP contribution in [0, 0.1) is 16.7 Å². The summed E-state index contributed by atoms with van der Waals surface area (Å²) in [6.45, 7) is 11.6. The van der Waals surface area contributed by atoms with Crippen molar-refractivity contribution >= 4 is 5.91 Å². The van der Waals surface area contributed by atoms with Gasteiger partial charge in [-0.25, -0.2) is 0 Å². The topological polar surface area (TPSA) is 47.3 Å². The van der Waals surface area contributed by atoms with E-state index in [9.17, 15) is 4.79 Å². The van der Waals surface area contributed by atoms with Crippen LogP contribution < -0.4 is 0 Å². The molecule has 0 saturated carbocycles. The summed E-state index contributed by atoms with van der Waals surface area (Å²) in [5.74, 6) is 0.246. The molecule has 0 aliphatic carbocycles. The summed E-state index contributed by atoms with van der Waals surface area (Å²) in [5.41, 5.74) is 0.0472. The third-order valence-electron chi connectivity index (χ3n) is 3.50. The second-order valence-electron chi connectivity index (χ2n) is 6.59. The first-order chi connectivity index (χ1) is 8.87. The van der Waals surface area contributed by atoms with Gasteiger partial charge in [0.25, 0.3) is 0 Å². The summed E-state index contributed by atoms with van der Waals surface area (Å²) in [7, 11) is 0. The summed E-state index contributed by atoms with van der Waals surface area (Å²) in [6, 6.07) is 2.40. The molecule has 1 aliphatic rings. The summed E-state index contributed by atoms with van der Waals surface area (Å²) < 4.78 is 0. The van der Waals surface area contributed by atoms with Crippen molar-refractivity contribution in [2.24, 2.45) is 5.41 Å². The maximum atomic E-state index is 12.1. The normalized spacial score (nSPS) is 19.0. The molecule has 1 amide bonds. The van der Waals surface area contributed by atoms with Gasteiger partial charge in [-0.2, -0.15) is 5.26 Å². The first kappa shape index (κ1) is 16.0. The van der Waals surface area contributed by atoms with Crippen LogP contribution in [0.2, 0.25) is 0 Å². The molecule has 1 fully saturated rings. The van der Waals surface area contributed by atoms with E-state index >= 15 is 0 Å². The predicted molar refractivity (Wildman–Crippen MR) is 76.5 cm³/mol. The number of rotatable bonds is 4. The number of amides is 1. The van der Waals surface area contributed by atoms with Crippen LogP contribution in [0.5, 0.6) is 0 Å². The van der Waals surface area contributed by atoms with E-state index in [0.717, 1.165) is 39.0 Å². The van der Waals surface area contributed by atoms with Gasteiger partial charge >= 0.3 is 0 Å². The van der Waals surface area contributed by atoms with E-state index in [1.165, 1.54) is 0 Å². The number of carbonyl (C=O) groups is 1. The van der Waals surface area contributed by atoms with E-state index in [4.69, 9.17) is 5.26 Å². The Labute approximate surface area is 117 Å². The lowest BCUT2D eigenvalue weighted by Crippen LogP contribution is -2.52. The van der Waals surface area contributed by atoms with Crippen LogP contribution in [0.3, 0.4) is 0 Å². The number of hydrogen-bond donors (Lipinski definition) is 0. The van der Waals surface area contributed by atoms with Crippen molar-refractivity contribution in [2.45, 2.75) is 53.0 Å². The van der Waals surface area contributed by atoms with Gasteiger partial charge < -0.3 is 4.90 Å². The zero-order valence-corrected chi connectivity index (χ0v) is 12.8. The van der Waals surface area contributed by atoms with E-state index in [0.29, 0.717) is 6.42 Å². The molecule has 4 nitrogen and oxygen atoms in total. The Kier molecular flexibility index (Phi) is 5.81.